The molecule has 1 saturated heterocycles. The topological polar surface area (TPSA) is 130 Å². The van der Waals surface area contributed by atoms with Gasteiger partial charge in [0.15, 0.2) is 22.6 Å². The fourth-order valence-electron chi connectivity index (χ4n) is 4.04. The van der Waals surface area contributed by atoms with Crippen molar-refractivity contribution in [3.8, 4) is 11.6 Å². The van der Waals surface area contributed by atoms with E-state index in [1.807, 2.05) is 19.2 Å². The fourth-order valence-corrected chi connectivity index (χ4v) is 4.04. The van der Waals surface area contributed by atoms with Crippen LogP contribution in [-0.4, -0.2) is 67.9 Å². The monoisotopic (exact) mass is 436 g/mol. The average molecular weight is 436 g/mol. The zero-order chi connectivity index (χ0) is 21.8. The highest BCUT2D eigenvalue weighted by Gasteiger charge is 2.32. The van der Waals surface area contributed by atoms with E-state index in [0.717, 1.165) is 11.1 Å². The first-order chi connectivity index (χ1) is 15.6. The van der Waals surface area contributed by atoms with Gasteiger partial charge in [0, 0.05) is 20.2 Å². The Morgan fingerprint density at radius 3 is 3.03 bits per heavy atom. The Kier molecular flexibility index (Phi) is 4.23. The van der Waals surface area contributed by atoms with E-state index in [1.165, 1.54) is 10.7 Å². The first-order valence-corrected chi connectivity index (χ1v) is 10.2. The summed E-state index contributed by atoms with van der Waals surface area (Å²) in [5.41, 5.74) is 3.73. The van der Waals surface area contributed by atoms with Crippen LogP contribution in [0.4, 0.5) is 5.69 Å². The van der Waals surface area contributed by atoms with E-state index < -0.39 is 0 Å². The number of aromatic nitrogens is 6. The van der Waals surface area contributed by atoms with Crippen LogP contribution in [0.1, 0.15) is 16.1 Å². The van der Waals surface area contributed by atoms with Crippen LogP contribution in [0.3, 0.4) is 0 Å². The molecule has 0 spiro atoms. The molecule has 4 aromatic rings. The summed E-state index contributed by atoms with van der Waals surface area (Å²) >= 11 is 0. The maximum atomic E-state index is 13.0. The van der Waals surface area contributed by atoms with Gasteiger partial charge in [0.05, 0.1) is 43.3 Å². The third kappa shape index (κ3) is 2.95. The molecule has 2 aliphatic heterocycles. The van der Waals surface area contributed by atoms with Crippen molar-refractivity contribution in [1.82, 2.24) is 34.9 Å². The predicted molar refractivity (Wildman–Crippen MR) is 112 cm³/mol. The van der Waals surface area contributed by atoms with Crippen molar-refractivity contribution < 1.29 is 19.0 Å². The second-order valence-electron chi connectivity index (χ2n) is 7.77. The SMILES string of the molecule is CNc1cc2nn3c(cnc13)C(=O)N[C@@H]1COC[C@H]1OCc1cc(c3nnn(C)c3c1)O2. The van der Waals surface area contributed by atoms with Gasteiger partial charge in [0.2, 0.25) is 5.88 Å². The highest BCUT2D eigenvalue weighted by atomic mass is 16.5. The van der Waals surface area contributed by atoms with Gasteiger partial charge in [-0.2, -0.15) is 0 Å². The maximum Gasteiger partial charge on any atom is 0.272 e. The van der Waals surface area contributed by atoms with Crippen molar-refractivity contribution >= 4 is 28.3 Å². The Morgan fingerprint density at radius 1 is 1.25 bits per heavy atom. The summed E-state index contributed by atoms with van der Waals surface area (Å²) in [5.74, 6) is 0.448. The van der Waals surface area contributed by atoms with Crippen LogP contribution in [0.5, 0.6) is 11.6 Å². The van der Waals surface area contributed by atoms with Gasteiger partial charge in [-0.25, -0.2) is 14.2 Å². The number of nitrogens with zero attached hydrogens (tertiary/aromatic N) is 6. The number of carbonyl (C=O) groups is 1. The number of anilines is 1. The van der Waals surface area contributed by atoms with Crippen LogP contribution in [-0.2, 0) is 23.1 Å². The molecular formula is C20H20N8O4. The molecule has 12 heteroatoms. The number of carbonyl (C=O) groups excluding carboxylic acids is 1. The lowest BCUT2D eigenvalue weighted by Gasteiger charge is -2.20. The number of benzene rings is 1. The van der Waals surface area contributed by atoms with E-state index in [1.54, 1.807) is 17.8 Å². The molecule has 12 nitrogen and oxygen atoms in total. The molecule has 2 aliphatic rings. The molecule has 164 valence electrons. The molecule has 0 aliphatic carbocycles. The van der Waals surface area contributed by atoms with Crippen LogP contribution < -0.4 is 15.4 Å². The zero-order valence-corrected chi connectivity index (χ0v) is 17.4. The number of fused-ring (bicyclic) bond motifs is 6. The number of nitrogens with one attached hydrogen (secondary N) is 2. The first-order valence-electron chi connectivity index (χ1n) is 10.2. The number of imidazole rings is 1. The molecule has 0 saturated carbocycles. The smallest absolute Gasteiger partial charge is 0.272 e. The van der Waals surface area contributed by atoms with Crippen LogP contribution in [0.25, 0.3) is 16.7 Å². The quantitative estimate of drug-likeness (QED) is 0.446. The average Bonchev–Trinajstić information content (AvgIpc) is 3.50. The van der Waals surface area contributed by atoms with Crippen LogP contribution in [0, 0.1) is 0 Å². The Labute approximate surface area is 181 Å². The summed E-state index contributed by atoms with van der Waals surface area (Å²) in [7, 11) is 3.59. The van der Waals surface area contributed by atoms with Gasteiger partial charge < -0.3 is 24.8 Å². The second kappa shape index (κ2) is 7.14. The van der Waals surface area contributed by atoms with Crippen molar-refractivity contribution in [3.63, 3.8) is 0 Å². The Bertz CT molecular complexity index is 1360. The minimum absolute atomic E-state index is 0.276. The molecular weight excluding hydrogens is 416 g/mol. The van der Waals surface area contributed by atoms with Crippen LogP contribution in [0.2, 0.25) is 0 Å². The number of rotatable bonds is 1. The first kappa shape index (κ1) is 19.0. The van der Waals surface area contributed by atoms with Gasteiger partial charge in [-0.05, 0) is 17.7 Å². The Balaban J connectivity index is 1.56. The van der Waals surface area contributed by atoms with Gasteiger partial charge in [-0.15, -0.1) is 10.2 Å². The molecule has 3 aromatic heterocycles. The molecule has 2 atom stereocenters. The molecule has 1 aromatic carbocycles. The van der Waals surface area contributed by atoms with Gasteiger partial charge in [-0.1, -0.05) is 5.21 Å². The third-order valence-electron chi connectivity index (χ3n) is 5.71. The van der Waals surface area contributed by atoms with E-state index in [2.05, 4.69) is 31.0 Å². The number of hydrogen-bond donors (Lipinski definition) is 2. The van der Waals surface area contributed by atoms with E-state index in [9.17, 15) is 4.79 Å². The minimum Gasteiger partial charge on any atom is -0.435 e. The third-order valence-corrected chi connectivity index (χ3v) is 5.71. The molecule has 0 unspecified atom stereocenters. The van der Waals surface area contributed by atoms with E-state index in [4.69, 9.17) is 14.2 Å². The molecule has 6 rings (SSSR count). The Hall–Kier alpha value is -3.77. The van der Waals surface area contributed by atoms with Gasteiger partial charge in [-0.3, -0.25) is 4.79 Å². The van der Waals surface area contributed by atoms with Crippen LogP contribution in [0.15, 0.2) is 24.4 Å². The van der Waals surface area contributed by atoms with Gasteiger partial charge in [0.25, 0.3) is 5.91 Å². The highest BCUT2D eigenvalue weighted by Crippen LogP contribution is 2.32. The lowest BCUT2D eigenvalue weighted by molar-refractivity contribution is 0.0218. The molecule has 2 N–H and O–H groups in total. The standard InChI is InChI=1S/C20H20N8O4/c1-21-11-5-17-25-28-14(6-22-19(11)28)20(29)23-12-8-30-9-16(12)31-7-10-3-13-18(15(4-10)32-17)24-26-27(13)2/h3-6,12,16,21H,7-9H2,1-2H3,(H,23,29)/t12-,16-/m1/s1. The number of amides is 1. The summed E-state index contributed by atoms with van der Waals surface area (Å²) in [6.45, 7) is 1.07. The summed E-state index contributed by atoms with van der Waals surface area (Å²) in [4.78, 5) is 17.4. The number of ether oxygens (including phenoxy) is 3. The molecule has 1 fully saturated rings. The number of hydrogen-bond acceptors (Lipinski definition) is 9. The van der Waals surface area contributed by atoms with Crippen molar-refractivity contribution in [2.75, 3.05) is 25.6 Å². The minimum atomic E-state index is -0.319. The van der Waals surface area contributed by atoms with E-state index in [0.29, 0.717) is 42.4 Å². The lowest BCUT2D eigenvalue weighted by Crippen LogP contribution is -2.44. The maximum absolute atomic E-state index is 13.0. The summed E-state index contributed by atoms with van der Waals surface area (Å²) < 4.78 is 21.0. The summed E-state index contributed by atoms with van der Waals surface area (Å²) in [5, 5.41) is 19.0. The zero-order valence-electron chi connectivity index (χ0n) is 17.4. The van der Waals surface area contributed by atoms with Gasteiger partial charge in [0.1, 0.15) is 6.10 Å². The summed E-state index contributed by atoms with van der Waals surface area (Å²) in [6.07, 6.45) is 1.20. The largest absolute Gasteiger partial charge is 0.435 e. The highest BCUT2D eigenvalue weighted by molar-refractivity contribution is 5.94. The van der Waals surface area contributed by atoms with E-state index >= 15 is 0 Å². The van der Waals surface area contributed by atoms with E-state index in [-0.39, 0.29) is 29.6 Å². The van der Waals surface area contributed by atoms with Crippen LogP contribution >= 0.6 is 0 Å². The predicted octanol–water partition coefficient (Wildman–Crippen LogP) is 0.872. The van der Waals surface area contributed by atoms with Crippen molar-refractivity contribution in [2.24, 2.45) is 7.05 Å². The molecule has 4 bridgehead atoms. The second-order valence-corrected chi connectivity index (χ2v) is 7.77. The Morgan fingerprint density at radius 2 is 2.16 bits per heavy atom. The van der Waals surface area contributed by atoms with Crippen molar-refractivity contribution in [3.05, 3.63) is 35.7 Å². The number of aryl methyl sites for hydroxylation is 1. The fraction of sp³-hybridized carbons (Fsp3) is 0.350. The molecule has 0 radical (unpaired) electrons. The summed E-state index contributed by atoms with van der Waals surface area (Å²) in [6, 6.07) is 5.26. The van der Waals surface area contributed by atoms with Crippen molar-refractivity contribution in [2.45, 2.75) is 18.8 Å². The van der Waals surface area contributed by atoms with Gasteiger partial charge >= 0.3 is 0 Å². The van der Waals surface area contributed by atoms with Crippen molar-refractivity contribution in [1.29, 1.82) is 0 Å². The molecule has 32 heavy (non-hydrogen) atoms. The lowest BCUT2D eigenvalue weighted by atomic mass is 10.1. The normalized spacial score (nSPS) is 20.8. The molecule has 5 heterocycles. The molecule has 1 amide bonds.